The number of amides is 2. The maximum atomic E-state index is 13.8. The Morgan fingerprint density at radius 3 is 2.29 bits per heavy atom. The first-order valence-electron chi connectivity index (χ1n) is 13.6. The molecule has 0 unspecified atom stereocenters. The fourth-order valence-corrected chi connectivity index (χ4v) is 5.45. The Morgan fingerprint density at radius 1 is 0.895 bits per heavy atom. The molecule has 3 aromatic rings. The van der Waals surface area contributed by atoms with Crippen LogP contribution < -0.4 is 10.1 Å². The number of para-hydroxylation sites is 1. The summed E-state index contributed by atoms with van der Waals surface area (Å²) in [7, 11) is 0. The summed E-state index contributed by atoms with van der Waals surface area (Å²) in [5, 5.41) is 3.29. The predicted molar refractivity (Wildman–Crippen MR) is 155 cm³/mol. The van der Waals surface area contributed by atoms with Gasteiger partial charge in [-0.15, -0.1) is 0 Å². The van der Waals surface area contributed by atoms with Crippen LogP contribution in [0.5, 0.6) is 5.75 Å². The van der Waals surface area contributed by atoms with E-state index in [2.05, 4.69) is 21.2 Å². The van der Waals surface area contributed by atoms with E-state index in [9.17, 15) is 9.59 Å². The Morgan fingerprint density at radius 2 is 1.58 bits per heavy atom. The van der Waals surface area contributed by atoms with Crippen LogP contribution >= 0.6 is 15.9 Å². The van der Waals surface area contributed by atoms with Crippen molar-refractivity contribution < 1.29 is 14.3 Å². The third-order valence-corrected chi connectivity index (χ3v) is 7.50. The summed E-state index contributed by atoms with van der Waals surface area (Å²) in [4.78, 5) is 29.3. The molecule has 0 aliphatic heterocycles. The predicted octanol–water partition coefficient (Wildman–Crippen LogP) is 6.70. The van der Waals surface area contributed by atoms with Gasteiger partial charge in [-0.05, 0) is 54.7 Å². The lowest BCUT2D eigenvalue weighted by Crippen LogP contribution is -2.52. The van der Waals surface area contributed by atoms with Gasteiger partial charge in [-0.2, -0.15) is 0 Å². The molecule has 0 radical (unpaired) electrons. The third kappa shape index (κ3) is 8.73. The lowest BCUT2D eigenvalue weighted by Gasteiger charge is -2.33. The Labute approximate surface area is 234 Å². The Kier molecular flexibility index (Phi) is 10.8. The fourth-order valence-electron chi connectivity index (χ4n) is 5.00. The highest BCUT2D eigenvalue weighted by molar-refractivity contribution is 9.10. The molecule has 1 fully saturated rings. The van der Waals surface area contributed by atoms with E-state index >= 15 is 0 Å². The topological polar surface area (TPSA) is 58.6 Å². The van der Waals surface area contributed by atoms with Gasteiger partial charge in [0, 0.05) is 29.9 Å². The minimum atomic E-state index is -0.596. The van der Waals surface area contributed by atoms with Crippen molar-refractivity contribution in [1.29, 1.82) is 0 Å². The van der Waals surface area contributed by atoms with Crippen molar-refractivity contribution >= 4 is 27.7 Å². The maximum Gasteiger partial charge on any atom is 0.243 e. The second-order valence-corrected chi connectivity index (χ2v) is 10.9. The molecule has 3 aromatic carbocycles. The van der Waals surface area contributed by atoms with Gasteiger partial charge in [-0.3, -0.25) is 9.59 Å². The molecule has 0 saturated heterocycles. The molecule has 38 heavy (non-hydrogen) atoms. The number of halogens is 1. The van der Waals surface area contributed by atoms with Crippen LogP contribution in [-0.2, 0) is 22.6 Å². The summed E-state index contributed by atoms with van der Waals surface area (Å²) in [5.41, 5.74) is 2.02. The molecule has 0 spiro atoms. The van der Waals surface area contributed by atoms with E-state index in [1.807, 2.05) is 84.9 Å². The zero-order valence-electron chi connectivity index (χ0n) is 21.9. The van der Waals surface area contributed by atoms with Crippen molar-refractivity contribution in [2.75, 3.05) is 6.61 Å². The van der Waals surface area contributed by atoms with Crippen LogP contribution in [0.1, 0.15) is 56.1 Å². The zero-order chi connectivity index (χ0) is 26.6. The standard InChI is InChI=1S/C32H37BrN2O3/c33-27-15-10-14-26(22-27)24-35(31(36)20-11-21-38-29-18-8-3-9-19-29)30(23-25-12-4-1-5-13-25)32(37)34-28-16-6-2-7-17-28/h1,3-5,8-10,12-15,18-19,22,28,30H,2,6-7,11,16-17,20-21,23-24H2,(H,34,37)/t30-/m0/s1. The second kappa shape index (κ2) is 14.7. The molecule has 1 aliphatic carbocycles. The normalized spacial score (nSPS) is 14.4. The molecule has 1 atom stereocenters. The SMILES string of the molecule is O=C(NC1CCCCC1)[C@H](Cc1ccccc1)N(Cc1cccc(Br)c1)C(=O)CCCOc1ccccc1. The summed E-state index contributed by atoms with van der Waals surface area (Å²) < 4.78 is 6.77. The highest BCUT2D eigenvalue weighted by atomic mass is 79.9. The van der Waals surface area contributed by atoms with Gasteiger partial charge in [-0.25, -0.2) is 0 Å². The highest BCUT2D eigenvalue weighted by Gasteiger charge is 2.31. The van der Waals surface area contributed by atoms with Gasteiger partial charge in [-0.1, -0.05) is 95.9 Å². The molecule has 0 aromatic heterocycles. The lowest BCUT2D eigenvalue weighted by molar-refractivity contribution is -0.141. The van der Waals surface area contributed by atoms with E-state index in [0.29, 0.717) is 32.4 Å². The van der Waals surface area contributed by atoms with Crippen LogP contribution in [-0.4, -0.2) is 35.4 Å². The van der Waals surface area contributed by atoms with E-state index in [4.69, 9.17) is 4.74 Å². The summed E-state index contributed by atoms with van der Waals surface area (Å²) >= 11 is 3.55. The van der Waals surface area contributed by atoms with Gasteiger partial charge >= 0.3 is 0 Å². The molecular formula is C32H37BrN2O3. The summed E-state index contributed by atoms with van der Waals surface area (Å²) in [6, 6.07) is 27.1. The lowest BCUT2D eigenvalue weighted by atomic mass is 9.94. The molecule has 1 N–H and O–H groups in total. The molecule has 5 nitrogen and oxygen atoms in total. The molecule has 1 aliphatic rings. The molecule has 0 heterocycles. The number of ether oxygens (including phenoxy) is 1. The van der Waals surface area contributed by atoms with E-state index in [1.54, 1.807) is 4.90 Å². The number of hydrogen-bond acceptors (Lipinski definition) is 3. The monoisotopic (exact) mass is 576 g/mol. The van der Waals surface area contributed by atoms with Crippen LogP contribution in [0.2, 0.25) is 0 Å². The van der Waals surface area contributed by atoms with Crippen molar-refractivity contribution in [2.45, 2.75) is 70.0 Å². The van der Waals surface area contributed by atoms with Gasteiger partial charge < -0.3 is 15.0 Å². The first kappa shape index (κ1) is 27.9. The van der Waals surface area contributed by atoms with E-state index in [1.165, 1.54) is 6.42 Å². The van der Waals surface area contributed by atoms with E-state index < -0.39 is 6.04 Å². The Hall–Kier alpha value is -3.12. The van der Waals surface area contributed by atoms with Crippen molar-refractivity contribution in [3.8, 4) is 5.75 Å². The third-order valence-electron chi connectivity index (χ3n) is 7.01. The smallest absolute Gasteiger partial charge is 0.243 e. The van der Waals surface area contributed by atoms with E-state index in [0.717, 1.165) is 47.0 Å². The molecular weight excluding hydrogens is 540 g/mol. The summed E-state index contributed by atoms with van der Waals surface area (Å²) in [6.45, 7) is 0.811. The molecule has 200 valence electrons. The number of benzene rings is 3. The number of carbonyl (C=O) groups is 2. The molecule has 0 bridgehead atoms. The number of nitrogens with one attached hydrogen (secondary N) is 1. The van der Waals surface area contributed by atoms with Gasteiger partial charge in [0.25, 0.3) is 0 Å². The van der Waals surface area contributed by atoms with Crippen LogP contribution in [0, 0.1) is 0 Å². The second-order valence-electron chi connectivity index (χ2n) is 9.97. The largest absolute Gasteiger partial charge is 0.494 e. The number of nitrogens with zero attached hydrogens (tertiary/aromatic N) is 1. The average Bonchev–Trinajstić information content (AvgIpc) is 2.94. The molecule has 6 heteroatoms. The molecule has 2 amide bonds. The summed E-state index contributed by atoms with van der Waals surface area (Å²) in [5.74, 6) is 0.686. The first-order valence-corrected chi connectivity index (χ1v) is 14.4. The van der Waals surface area contributed by atoms with Crippen LogP contribution in [0.3, 0.4) is 0 Å². The van der Waals surface area contributed by atoms with Gasteiger partial charge in [0.1, 0.15) is 11.8 Å². The Bertz CT molecular complexity index is 1150. The van der Waals surface area contributed by atoms with Gasteiger partial charge in [0.15, 0.2) is 0 Å². The molecule has 4 rings (SSSR count). The van der Waals surface area contributed by atoms with E-state index in [-0.39, 0.29) is 17.9 Å². The summed E-state index contributed by atoms with van der Waals surface area (Å²) in [6.07, 6.45) is 6.85. The highest BCUT2D eigenvalue weighted by Crippen LogP contribution is 2.21. The quantitative estimate of drug-likeness (QED) is 0.244. The maximum absolute atomic E-state index is 13.8. The van der Waals surface area contributed by atoms with Crippen LogP contribution in [0.4, 0.5) is 0 Å². The Balaban J connectivity index is 1.52. The van der Waals surface area contributed by atoms with Gasteiger partial charge in [0.05, 0.1) is 6.61 Å². The number of carbonyl (C=O) groups excluding carboxylic acids is 2. The van der Waals surface area contributed by atoms with Crippen molar-refractivity contribution in [3.63, 3.8) is 0 Å². The van der Waals surface area contributed by atoms with Crippen molar-refractivity contribution in [1.82, 2.24) is 10.2 Å². The minimum absolute atomic E-state index is 0.0404. The number of hydrogen-bond donors (Lipinski definition) is 1. The minimum Gasteiger partial charge on any atom is -0.494 e. The fraction of sp³-hybridized carbons (Fsp3) is 0.375. The number of rotatable bonds is 12. The first-order chi connectivity index (χ1) is 18.6. The van der Waals surface area contributed by atoms with Crippen molar-refractivity contribution in [2.24, 2.45) is 0 Å². The van der Waals surface area contributed by atoms with Gasteiger partial charge in [0.2, 0.25) is 11.8 Å². The van der Waals surface area contributed by atoms with Crippen molar-refractivity contribution in [3.05, 3.63) is 101 Å². The molecule has 1 saturated carbocycles. The van der Waals surface area contributed by atoms with Crippen LogP contribution in [0.15, 0.2) is 89.4 Å². The zero-order valence-corrected chi connectivity index (χ0v) is 23.4. The van der Waals surface area contributed by atoms with Crippen LogP contribution in [0.25, 0.3) is 0 Å². The average molecular weight is 578 g/mol.